The first kappa shape index (κ1) is 16.3. The maximum Gasteiger partial charge on any atom is 0.242 e. The van der Waals surface area contributed by atoms with Crippen LogP contribution in [0.1, 0.15) is 25.7 Å². The summed E-state index contributed by atoms with van der Waals surface area (Å²) in [5.41, 5.74) is 0.620. The van der Waals surface area contributed by atoms with Crippen molar-refractivity contribution in [1.82, 2.24) is 4.72 Å². The number of para-hydroxylation sites is 1. The molecule has 0 aliphatic heterocycles. The van der Waals surface area contributed by atoms with Crippen molar-refractivity contribution in [3.05, 3.63) is 24.3 Å². The number of anilines is 1. The predicted octanol–water partition coefficient (Wildman–Crippen LogP) is 1.81. The molecule has 0 radical (unpaired) electrons. The molecule has 0 bridgehead atoms. The summed E-state index contributed by atoms with van der Waals surface area (Å²) < 4.78 is 26.4. The smallest absolute Gasteiger partial charge is 0.242 e. The molecule has 1 aliphatic rings. The Balaban J connectivity index is 2.10. The number of hydrogen-bond acceptors (Lipinski definition) is 4. The highest BCUT2D eigenvalue weighted by atomic mass is 32.2. The van der Waals surface area contributed by atoms with Gasteiger partial charge < -0.3 is 10.4 Å². The minimum atomic E-state index is -3.46. The second-order valence-corrected chi connectivity index (χ2v) is 7.43. The van der Waals surface area contributed by atoms with Gasteiger partial charge in [-0.25, -0.2) is 13.1 Å². The molecule has 1 aromatic rings. The quantitative estimate of drug-likeness (QED) is 0.748. The number of sulfonamides is 1. The maximum absolute atomic E-state index is 12.0. The number of aliphatic hydroxyl groups excluding tert-OH is 1. The van der Waals surface area contributed by atoms with E-state index >= 15 is 0 Å². The molecule has 21 heavy (non-hydrogen) atoms. The van der Waals surface area contributed by atoms with Crippen molar-refractivity contribution < 1.29 is 13.5 Å². The van der Waals surface area contributed by atoms with Crippen LogP contribution in [0.2, 0.25) is 0 Å². The summed E-state index contributed by atoms with van der Waals surface area (Å²) in [6.45, 7) is 0.907. The molecule has 6 heteroatoms. The molecule has 0 amide bonds. The molecule has 1 aliphatic carbocycles. The molecule has 1 saturated carbocycles. The number of aliphatic hydroxyl groups is 1. The molecule has 2 atom stereocenters. The molecular formula is C15H24N2O3S. The van der Waals surface area contributed by atoms with E-state index in [0.717, 1.165) is 12.8 Å². The molecule has 5 nitrogen and oxygen atoms in total. The highest BCUT2D eigenvalue weighted by Crippen LogP contribution is 2.30. The molecule has 2 rings (SSSR count). The third-order valence-electron chi connectivity index (χ3n) is 4.30. The zero-order valence-electron chi connectivity index (χ0n) is 12.4. The molecule has 3 N–H and O–H groups in total. The normalized spacial score (nSPS) is 23.0. The van der Waals surface area contributed by atoms with Crippen LogP contribution in [0.15, 0.2) is 29.2 Å². The van der Waals surface area contributed by atoms with Gasteiger partial charge in [-0.05, 0) is 43.9 Å². The summed E-state index contributed by atoms with van der Waals surface area (Å²) in [7, 11) is -2.05. The van der Waals surface area contributed by atoms with Crippen LogP contribution in [0.4, 0.5) is 5.69 Å². The van der Waals surface area contributed by atoms with E-state index in [1.165, 1.54) is 19.9 Å². The lowest BCUT2D eigenvalue weighted by Crippen LogP contribution is -2.29. The van der Waals surface area contributed by atoms with E-state index in [2.05, 4.69) is 10.0 Å². The first-order chi connectivity index (χ1) is 10.1. The van der Waals surface area contributed by atoms with Gasteiger partial charge >= 0.3 is 0 Å². The Hall–Kier alpha value is -1.11. The Morgan fingerprint density at radius 3 is 2.52 bits per heavy atom. The van der Waals surface area contributed by atoms with Gasteiger partial charge in [-0.1, -0.05) is 25.0 Å². The van der Waals surface area contributed by atoms with Gasteiger partial charge in [0.2, 0.25) is 10.0 Å². The average molecular weight is 312 g/mol. The highest BCUT2D eigenvalue weighted by molar-refractivity contribution is 7.89. The lowest BCUT2D eigenvalue weighted by Gasteiger charge is -2.30. The summed E-state index contributed by atoms with van der Waals surface area (Å²) in [6, 6.07) is 6.91. The second kappa shape index (κ2) is 7.24. The van der Waals surface area contributed by atoms with Crippen molar-refractivity contribution in [2.24, 2.45) is 11.8 Å². The summed E-state index contributed by atoms with van der Waals surface area (Å²) in [4.78, 5) is 0.267. The fraction of sp³-hybridized carbons (Fsp3) is 0.600. The standard InChI is InChI=1S/C15H24N2O3S/c1-16-21(19,20)15-9-5-4-8-14(15)17-10-12-6-2-3-7-13(12)11-18/h4-5,8-9,12-13,16-18H,2-3,6-7,10-11H2,1H3. The van der Waals surface area contributed by atoms with E-state index in [1.54, 1.807) is 18.2 Å². The lowest BCUT2D eigenvalue weighted by atomic mass is 9.79. The summed E-state index contributed by atoms with van der Waals surface area (Å²) in [5, 5.41) is 12.7. The Morgan fingerprint density at radius 2 is 1.86 bits per heavy atom. The summed E-state index contributed by atoms with van der Waals surface area (Å²) >= 11 is 0. The van der Waals surface area contributed by atoms with E-state index in [4.69, 9.17) is 0 Å². The first-order valence-corrected chi connectivity index (χ1v) is 8.94. The maximum atomic E-state index is 12.0. The van der Waals surface area contributed by atoms with E-state index < -0.39 is 10.0 Å². The number of hydrogen-bond donors (Lipinski definition) is 3. The van der Waals surface area contributed by atoms with Gasteiger partial charge in [-0.2, -0.15) is 0 Å². The van der Waals surface area contributed by atoms with Crippen molar-refractivity contribution in [3.8, 4) is 0 Å². The van der Waals surface area contributed by atoms with Gasteiger partial charge in [0.25, 0.3) is 0 Å². The number of nitrogens with one attached hydrogen (secondary N) is 2. The van der Waals surface area contributed by atoms with Crippen LogP contribution in [-0.4, -0.2) is 33.7 Å². The highest BCUT2D eigenvalue weighted by Gasteiger charge is 2.25. The Labute approximate surface area is 126 Å². The Morgan fingerprint density at radius 1 is 1.19 bits per heavy atom. The number of rotatable bonds is 6. The van der Waals surface area contributed by atoms with E-state index in [9.17, 15) is 13.5 Å². The fourth-order valence-corrected chi connectivity index (χ4v) is 3.90. The number of benzene rings is 1. The van der Waals surface area contributed by atoms with E-state index in [-0.39, 0.29) is 11.5 Å². The minimum absolute atomic E-state index is 0.211. The van der Waals surface area contributed by atoms with Gasteiger partial charge in [0, 0.05) is 13.2 Å². The molecule has 0 aromatic heterocycles. The van der Waals surface area contributed by atoms with Gasteiger partial charge in [0.1, 0.15) is 4.90 Å². The van der Waals surface area contributed by atoms with E-state index in [1.807, 2.05) is 6.07 Å². The molecule has 118 valence electrons. The van der Waals surface area contributed by atoms with Crippen molar-refractivity contribution in [2.45, 2.75) is 30.6 Å². The molecule has 2 unspecified atom stereocenters. The Bertz CT molecular complexity index is 560. The largest absolute Gasteiger partial charge is 0.396 e. The molecule has 1 fully saturated rings. The van der Waals surface area contributed by atoms with Crippen LogP contribution >= 0.6 is 0 Å². The summed E-state index contributed by atoms with van der Waals surface area (Å²) in [6.07, 6.45) is 4.49. The van der Waals surface area contributed by atoms with Crippen LogP contribution < -0.4 is 10.0 Å². The van der Waals surface area contributed by atoms with Crippen LogP contribution in [0.3, 0.4) is 0 Å². The third kappa shape index (κ3) is 3.96. The molecule has 0 heterocycles. The van der Waals surface area contributed by atoms with Crippen LogP contribution in [-0.2, 0) is 10.0 Å². The lowest BCUT2D eigenvalue weighted by molar-refractivity contribution is 0.141. The van der Waals surface area contributed by atoms with Crippen molar-refractivity contribution >= 4 is 15.7 Å². The third-order valence-corrected chi connectivity index (χ3v) is 5.77. The first-order valence-electron chi connectivity index (χ1n) is 7.46. The SMILES string of the molecule is CNS(=O)(=O)c1ccccc1NCC1CCCCC1CO. The topological polar surface area (TPSA) is 78.4 Å². The fourth-order valence-electron chi connectivity index (χ4n) is 2.99. The van der Waals surface area contributed by atoms with Crippen LogP contribution in [0.25, 0.3) is 0 Å². The zero-order chi connectivity index (χ0) is 15.3. The van der Waals surface area contributed by atoms with Gasteiger partial charge in [-0.3, -0.25) is 0 Å². The zero-order valence-corrected chi connectivity index (χ0v) is 13.2. The molecular weight excluding hydrogens is 288 g/mol. The monoisotopic (exact) mass is 312 g/mol. The average Bonchev–Trinajstić information content (AvgIpc) is 2.53. The van der Waals surface area contributed by atoms with Gasteiger partial charge in [-0.15, -0.1) is 0 Å². The minimum Gasteiger partial charge on any atom is -0.396 e. The van der Waals surface area contributed by atoms with Crippen molar-refractivity contribution in [3.63, 3.8) is 0 Å². The molecule has 0 saturated heterocycles. The van der Waals surface area contributed by atoms with Crippen LogP contribution in [0.5, 0.6) is 0 Å². The molecule has 1 aromatic carbocycles. The van der Waals surface area contributed by atoms with Crippen molar-refractivity contribution in [2.75, 3.05) is 25.5 Å². The molecule has 0 spiro atoms. The summed E-state index contributed by atoms with van der Waals surface area (Å²) in [5.74, 6) is 0.716. The second-order valence-electron chi connectivity index (χ2n) is 5.57. The Kier molecular flexibility index (Phi) is 5.61. The van der Waals surface area contributed by atoms with Gasteiger partial charge in [0.05, 0.1) is 5.69 Å². The van der Waals surface area contributed by atoms with Gasteiger partial charge in [0.15, 0.2) is 0 Å². The van der Waals surface area contributed by atoms with Crippen molar-refractivity contribution in [1.29, 1.82) is 0 Å². The predicted molar refractivity (Wildman–Crippen MR) is 83.7 cm³/mol. The van der Waals surface area contributed by atoms with Crippen LogP contribution in [0, 0.1) is 11.8 Å². The van der Waals surface area contributed by atoms with E-state index in [0.29, 0.717) is 24.1 Å².